The van der Waals surface area contributed by atoms with E-state index in [4.69, 9.17) is 0 Å². The average molecular weight is 434 g/mol. The van der Waals surface area contributed by atoms with E-state index >= 15 is 0 Å². The smallest absolute Gasteiger partial charge is 0.0577 e. The van der Waals surface area contributed by atoms with Gasteiger partial charge >= 0.3 is 0 Å². The second-order valence-electron chi connectivity index (χ2n) is 9.51. The summed E-state index contributed by atoms with van der Waals surface area (Å²) in [5.74, 6) is 0. The predicted octanol–water partition coefficient (Wildman–Crippen LogP) is 8.85. The van der Waals surface area contributed by atoms with Gasteiger partial charge < -0.3 is 4.57 Å². The van der Waals surface area contributed by atoms with Crippen LogP contribution in [0.25, 0.3) is 65.3 Å². The molecule has 6 aromatic carbocycles. The number of nitrogens with zero attached hydrogens (tertiary/aromatic N) is 1. The molecule has 0 bridgehead atoms. The van der Waals surface area contributed by atoms with Crippen LogP contribution >= 0.6 is 0 Å². The van der Waals surface area contributed by atoms with Crippen molar-refractivity contribution in [3.05, 3.63) is 108 Å². The Kier molecular flexibility index (Phi) is 3.50. The lowest BCUT2D eigenvalue weighted by atomic mass is 9.86. The lowest BCUT2D eigenvalue weighted by Gasteiger charge is -2.17. The normalized spacial score (nSPS) is 12.9. The van der Waals surface area contributed by atoms with Gasteiger partial charge in [-0.05, 0) is 63.2 Å². The molecule has 0 N–H and O–H groups in total. The van der Waals surface area contributed by atoms with Crippen LogP contribution in [0.4, 0.5) is 0 Å². The molecule has 1 heterocycles. The summed E-state index contributed by atoms with van der Waals surface area (Å²) in [6, 6.07) is 36.1. The fourth-order valence-electron chi connectivity index (χ4n) is 6.71. The molecule has 1 aromatic heterocycles. The third kappa shape index (κ3) is 2.11. The van der Waals surface area contributed by atoms with Gasteiger partial charge in [-0.2, -0.15) is 0 Å². The molecule has 160 valence electrons. The molecule has 0 saturated heterocycles. The van der Waals surface area contributed by atoms with Gasteiger partial charge in [0.1, 0.15) is 0 Å². The lowest BCUT2D eigenvalue weighted by molar-refractivity contribution is 0.829. The summed E-state index contributed by atoms with van der Waals surface area (Å²) < 4.78 is 2.52. The number of rotatable bonds is 1. The number of para-hydroxylation sites is 1. The molecule has 0 radical (unpaired) electrons. The van der Waals surface area contributed by atoms with Crippen molar-refractivity contribution in [1.29, 1.82) is 0 Å². The van der Waals surface area contributed by atoms with Crippen LogP contribution in [0.3, 0.4) is 0 Å². The highest BCUT2D eigenvalue weighted by Gasteiger charge is 2.27. The van der Waals surface area contributed by atoms with E-state index in [0.29, 0.717) is 0 Å². The standard InChI is InChI=1S/C33H23N/c1-2-34-28-18-10-9-17-26(28)32-31-23-14-6-5-13-22(23)29-21-12-4-3-11-20(21)19-27(29)30(31)24-15-7-8-16-25(24)33(32)34/h3-18H,2,19H2,1H3. The first-order chi connectivity index (χ1) is 16.9. The van der Waals surface area contributed by atoms with Crippen molar-refractivity contribution < 1.29 is 0 Å². The molecule has 8 rings (SSSR count). The molecule has 0 unspecified atom stereocenters. The summed E-state index contributed by atoms with van der Waals surface area (Å²) in [7, 11) is 0. The van der Waals surface area contributed by atoms with Gasteiger partial charge in [-0.15, -0.1) is 0 Å². The highest BCUT2D eigenvalue weighted by molar-refractivity contribution is 6.38. The van der Waals surface area contributed by atoms with Crippen LogP contribution in [-0.2, 0) is 13.0 Å². The van der Waals surface area contributed by atoms with E-state index in [1.165, 1.54) is 76.4 Å². The molecule has 0 saturated carbocycles. The molecule has 1 aliphatic rings. The molecule has 1 aliphatic carbocycles. The molecule has 0 fully saturated rings. The monoisotopic (exact) mass is 433 g/mol. The first kappa shape index (κ1) is 18.3. The van der Waals surface area contributed by atoms with Crippen molar-refractivity contribution in [2.24, 2.45) is 0 Å². The second kappa shape index (κ2) is 6.48. The van der Waals surface area contributed by atoms with E-state index in [9.17, 15) is 0 Å². The minimum atomic E-state index is 0.952. The van der Waals surface area contributed by atoms with E-state index in [-0.39, 0.29) is 0 Å². The van der Waals surface area contributed by atoms with Gasteiger partial charge in [0.05, 0.1) is 5.52 Å². The van der Waals surface area contributed by atoms with E-state index in [0.717, 1.165) is 13.0 Å². The van der Waals surface area contributed by atoms with Crippen molar-refractivity contribution >= 4 is 54.1 Å². The zero-order valence-corrected chi connectivity index (χ0v) is 19.1. The van der Waals surface area contributed by atoms with Gasteiger partial charge in [-0.3, -0.25) is 0 Å². The van der Waals surface area contributed by atoms with Gasteiger partial charge in [0.25, 0.3) is 0 Å². The highest BCUT2D eigenvalue weighted by atomic mass is 15.0. The van der Waals surface area contributed by atoms with Gasteiger partial charge in [0.2, 0.25) is 0 Å². The summed E-state index contributed by atoms with van der Waals surface area (Å²) in [6.07, 6.45) is 0.995. The Bertz CT molecular complexity index is 1970. The van der Waals surface area contributed by atoms with Crippen LogP contribution in [0.5, 0.6) is 0 Å². The second-order valence-corrected chi connectivity index (χ2v) is 9.51. The fraction of sp³-hybridized carbons (Fsp3) is 0.0909. The van der Waals surface area contributed by atoms with Gasteiger partial charge in [0.15, 0.2) is 0 Å². The van der Waals surface area contributed by atoms with E-state index in [1.807, 2.05) is 0 Å². The van der Waals surface area contributed by atoms with Gasteiger partial charge in [0, 0.05) is 33.6 Å². The Morgan fingerprint density at radius 3 is 2.00 bits per heavy atom. The minimum Gasteiger partial charge on any atom is -0.340 e. The largest absolute Gasteiger partial charge is 0.340 e. The number of fused-ring (bicyclic) bond motifs is 15. The molecule has 0 aliphatic heterocycles. The number of aromatic nitrogens is 1. The highest BCUT2D eigenvalue weighted by Crippen LogP contribution is 2.51. The van der Waals surface area contributed by atoms with E-state index in [2.05, 4.69) is 109 Å². The van der Waals surface area contributed by atoms with Crippen LogP contribution in [0, 0.1) is 0 Å². The zero-order valence-electron chi connectivity index (χ0n) is 19.1. The van der Waals surface area contributed by atoms with Gasteiger partial charge in [-0.1, -0.05) is 91.0 Å². The zero-order chi connectivity index (χ0) is 22.4. The maximum Gasteiger partial charge on any atom is 0.0577 e. The van der Waals surface area contributed by atoms with E-state index in [1.54, 1.807) is 0 Å². The fourth-order valence-corrected chi connectivity index (χ4v) is 6.71. The Morgan fingerprint density at radius 1 is 0.588 bits per heavy atom. The third-order valence-corrected chi connectivity index (χ3v) is 7.96. The van der Waals surface area contributed by atoms with Crippen LogP contribution in [0.15, 0.2) is 97.1 Å². The molecular weight excluding hydrogens is 410 g/mol. The number of hydrogen-bond donors (Lipinski definition) is 0. The molecule has 0 spiro atoms. The topological polar surface area (TPSA) is 4.93 Å². The Hall–Kier alpha value is -4.10. The maximum absolute atomic E-state index is 2.52. The molecule has 1 heteroatoms. The Balaban J connectivity index is 1.78. The molecule has 0 amide bonds. The van der Waals surface area contributed by atoms with Crippen molar-refractivity contribution in [2.45, 2.75) is 19.9 Å². The molecule has 0 atom stereocenters. The van der Waals surface area contributed by atoms with Crippen LogP contribution in [0.1, 0.15) is 18.1 Å². The first-order valence-corrected chi connectivity index (χ1v) is 12.2. The molecule has 34 heavy (non-hydrogen) atoms. The summed E-state index contributed by atoms with van der Waals surface area (Å²) in [5, 5.41) is 11.1. The molecule has 7 aromatic rings. The summed E-state index contributed by atoms with van der Waals surface area (Å²) in [4.78, 5) is 0. The quantitative estimate of drug-likeness (QED) is 0.228. The number of benzene rings is 6. The third-order valence-electron chi connectivity index (χ3n) is 7.96. The lowest BCUT2D eigenvalue weighted by Crippen LogP contribution is -1.96. The maximum atomic E-state index is 2.52. The summed E-state index contributed by atoms with van der Waals surface area (Å²) in [6.45, 7) is 3.22. The average Bonchev–Trinajstić information content (AvgIpc) is 3.45. The van der Waals surface area contributed by atoms with Crippen molar-refractivity contribution in [1.82, 2.24) is 4.57 Å². The minimum absolute atomic E-state index is 0.952. The van der Waals surface area contributed by atoms with Gasteiger partial charge in [-0.25, -0.2) is 0 Å². The molecule has 1 nitrogen and oxygen atoms in total. The molecular formula is C33H23N. The predicted molar refractivity (Wildman–Crippen MR) is 146 cm³/mol. The SMILES string of the molecule is CCn1c2ccccc2c2c3c4ccccc4c4c(c3c3ccccc3c21)Cc1ccccc1-4. The van der Waals surface area contributed by atoms with Crippen molar-refractivity contribution in [3.63, 3.8) is 0 Å². The van der Waals surface area contributed by atoms with Crippen LogP contribution in [0.2, 0.25) is 0 Å². The van der Waals surface area contributed by atoms with Crippen molar-refractivity contribution in [3.8, 4) is 11.1 Å². The summed E-state index contributed by atoms with van der Waals surface area (Å²) >= 11 is 0. The number of aryl methyl sites for hydroxylation is 1. The first-order valence-electron chi connectivity index (χ1n) is 12.2. The van der Waals surface area contributed by atoms with Crippen molar-refractivity contribution in [2.75, 3.05) is 0 Å². The summed E-state index contributed by atoms with van der Waals surface area (Å²) in [5.41, 5.74) is 8.45. The Morgan fingerprint density at radius 2 is 1.21 bits per heavy atom. The van der Waals surface area contributed by atoms with E-state index < -0.39 is 0 Å². The van der Waals surface area contributed by atoms with Crippen LogP contribution < -0.4 is 0 Å². The van der Waals surface area contributed by atoms with Crippen LogP contribution in [-0.4, -0.2) is 4.57 Å². The Labute approximate surface area is 197 Å². The number of hydrogen-bond acceptors (Lipinski definition) is 0.